The van der Waals surface area contributed by atoms with Crippen molar-refractivity contribution in [1.29, 1.82) is 0 Å². The van der Waals surface area contributed by atoms with Crippen LogP contribution in [0, 0.1) is 0 Å². The van der Waals surface area contributed by atoms with Crippen LogP contribution in [0.4, 0.5) is 0 Å². The maximum Gasteiger partial charge on any atom is 0.255 e. The first-order chi connectivity index (χ1) is 15.2. The standard InChI is InChI=1S/C25H27NO5/c1-28-23-13-12-19(18-24(23)29-2)14-15-26-25(27)21-10-6-7-11-22(21)31-17-16-30-20-8-4-3-5-9-20/h3-13,18H,14-17H2,1-2H3,(H,26,27). The zero-order valence-corrected chi connectivity index (χ0v) is 17.8. The Balaban J connectivity index is 1.50. The van der Waals surface area contributed by atoms with E-state index in [-0.39, 0.29) is 5.91 Å². The SMILES string of the molecule is COc1ccc(CCNC(=O)c2ccccc2OCCOc2ccccc2)cc1OC. The predicted molar refractivity (Wildman–Crippen MR) is 119 cm³/mol. The summed E-state index contributed by atoms with van der Waals surface area (Å²) in [6.07, 6.45) is 0.667. The molecule has 0 aliphatic heterocycles. The first kappa shape index (κ1) is 22.0. The molecule has 0 radical (unpaired) electrons. The molecule has 1 N–H and O–H groups in total. The van der Waals surface area contributed by atoms with Crippen LogP contribution in [0.15, 0.2) is 72.8 Å². The normalized spacial score (nSPS) is 10.3. The third-order valence-corrected chi connectivity index (χ3v) is 4.63. The smallest absolute Gasteiger partial charge is 0.255 e. The summed E-state index contributed by atoms with van der Waals surface area (Å²) in [4.78, 5) is 12.7. The van der Waals surface area contributed by atoms with Gasteiger partial charge >= 0.3 is 0 Å². The number of amides is 1. The zero-order chi connectivity index (χ0) is 21.9. The molecule has 6 nitrogen and oxygen atoms in total. The van der Waals surface area contributed by atoms with E-state index in [0.29, 0.717) is 49.0 Å². The minimum absolute atomic E-state index is 0.181. The van der Waals surface area contributed by atoms with Crippen LogP contribution in [0.3, 0.4) is 0 Å². The predicted octanol–water partition coefficient (Wildman–Crippen LogP) is 4.13. The van der Waals surface area contributed by atoms with E-state index in [2.05, 4.69) is 5.32 Å². The van der Waals surface area contributed by atoms with Crippen molar-refractivity contribution in [2.45, 2.75) is 6.42 Å². The Kier molecular flexibility index (Phi) is 8.17. The van der Waals surface area contributed by atoms with E-state index in [9.17, 15) is 4.79 Å². The maximum absolute atomic E-state index is 12.7. The van der Waals surface area contributed by atoms with Gasteiger partial charge in [-0.1, -0.05) is 36.4 Å². The second-order valence-electron chi connectivity index (χ2n) is 6.70. The number of hydrogen-bond donors (Lipinski definition) is 1. The number of hydrogen-bond acceptors (Lipinski definition) is 5. The molecule has 0 heterocycles. The molecule has 0 saturated carbocycles. The van der Waals surface area contributed by atoms with E-state index in [1.54, 1.807) is 26.4 Å². The van der Waals surface area contributed by atoms with Gasteiger partial charge in [0.15, 0.2) is 11.5 Å². The summed E-state index contributed by atoms with van der Waals surface area (Å²) >= 11 is 0. The third kappa shape index (κ3) is 6.40. The molecular formula is C25H27NO5. The van der Waals surface area contributed by atoms with E-state index < -0.39 is 0 Å². The second kappa shape index (κ2) is 11.5. The molecule has 0 spiro atoms. The van der Waals surface area contributed by atoms with Gasteiger partial charge in [-0.05, 0) is 48.4 Å². The summed E-state index contributed by atoms with van der Waals surface area (Å²) in [5.41, 5.74) is 1.54. The molecule has 31 heavy (non-hydrogen) atoms. The topological polar surface area (TPSA) is 66.0 Å². The monoisotopic (exact) mass is 421 g/mol. The van der Waals surface area contributed by atoms with Crippen LogP contribution in [-0.4, -0.2) is 39.9 Å². The van der Waals surface area contributed by atoms with Gasteiger partial charge in [0.25, 0.3) is 5.91 Å². The molecule has 3 aromatic carbocycles. The van der Waals surface area contributed by atoms with Crippen molar-refractivity contribution in [2.75, 3.05) is 34.0 Å². The molecule has 3 rings (SSSR count). The summed E-state index contributed by atoms with van der Waals surface area (Å²) in [5, 5.41) is 2.95. The van der Waals surface area contributed by atoms with Gasteiger partial charge in [-0.3, -0.25) is 4.79 Å². The maximum atomic E-state index is 12.7. The summed E-state index contributed by atoms with van der Waals surface area (Å²) in [5.74, 6) is 2.48. The molecule has 0 saturated heterocycles. The van der Waals surface area contributed by atoms with Gasteiger partial charge < -0.3 is 24.3 Å². The van der Waals surface area contributed by atoms with Crippen LogP contribution in [0.25, 0.3) is 0 Å². The highest BCUT2D eigenvalue weighted by Crippen LogP contribution is 2.27. The van der Waals surface area contributed by atoms with E-state index in [1.165, 1.54) is 0 Å². The Bertz CT molecular complexity index is 975. The Morgan fingerprint density at radius 1 is 0.774 bits per heavy atom. The highest BCUT2D eigenvalue weighted by Gasteiger charge is 2.12. The fourth-order valence-corrected chi connectivity index (χ4v) is 3.06. The first-order valence-corrected chi connectivity index (χ1v) is 10.1. The van der Waals surface area contributed by atoms with Crippen molar-refractivity contribution in [1.82, 2.24) is 5.32 Å². The van der Waals surface area contributed by atoms with Gasteiger partial charge in [-0.2, -0.15) is 0 Å². The van der Waals surface area contributed by atoms with Gasteiger partial charge in [0.05, 0.1) is 19.8 Å². The second-order valence-corrected chi connectivity index (χ2v) is 6.70. The molecule has 0 aliphatic rings. The number of carbonyl (C=O) groups is 1. The van der Waals surface area contributed by atoms with Crippen LogP contribution in [0.1, 0.15) is 15.9 Å². The van der Waals surface area contributed by atoms with Crippen LogP contribution < -0.4 is 24.3 Å². The lowest BCUT2D eigenvalue weighted by molar-refractivity contribution is 0.0949. The van der Waals surface area contributed by atoms with Crippen LogP contribution in [0.5, 0.6) is 23.0 Å². The minimum Gasteiger partial charge on any atom is -0.493 e. The van der Waals surface area contributed by atoms with Gasteiger partial charge in [0.1, 0.15) is 24.7 Å². The Hall–Kier alpha value is -3.67. The average molecular weight is 421 g/mol. The lowest BCUT2D eigenvalue weighted by Crippen LogP contribution is -2.26. The molecular weight excluding hydrogens is 394 g/mol. The summed E-state index contributed by atoms with van der Waals surface area (Å²) in [6, 6.07) is 22.5. The molecule has 0 aliphatic carbocycles. The van der Waals surface area contributed by atoms with Gasteiger partial charge in [-0.15, -0.1) is 0 Å². The lowest BCUT2D eigenvalue weighted by Gasteiger charge is -2.13. The quantitative estimate of drug-likeness (QED) is 0.472. The van der Waals surface area contributed by atoms with E-state index in [0.717, 1.165) is 11.3 Å². The number of ether oxygens (including phenoxy) is 4. The largest absolute Gasteiger partial charge is 0.493 e. The van der Waals surface area contributed by atoms with Crippen LogP contribution in [0.2, 0.25) is 0 Å². The Labute approximate surface area is 182 Å². The third-order valence-electron chi connectivity index (χ3n) is 4.63. The molecule has 162 valence electrons. The summed E-state index contributed by atoms with van der Waals surface area (Å²) in [7, 11) is 3.20. The van der Waals surface area contributed by atoms with E-state index in [4.69, 9.17) is 18.9 Å². The molecule has 6 heteroatoms. The van der Waals surface area contributed by atoms with Crippen molar-refractivity contribution in [3.8, 4) is 23.0 Å². The van der Waals surface area contributed by atoms with Crippen LogP contribution >= 0.6 is 0 Å². The molecule has 0 unspecified atom stereocenters. The minimum atomic E-state index is -0.181. The van der Waals surface area contributed by atoms with Gasteiger partial charge in [0.2, 0.25) is 0 Å². The number of para-hydroxylation sites is 2. The van der Waals surface area contributed by atoms with Crippen molar-refractivity contribution < 1.29 is 23.7 Å². The van der Waals surface area contributed by atoms with Crippen molar-refractivity contribution >= 4 is 5.91 Å². The molecule has 0 fully saturated rings. The number of carbonyl (C=O) groups excluding carboxylic acids is 1. The van der Waals surface area contributed by atoms with Crippen molar-refractivity contribution in [2.24, 2.45) is 0 Å². The number of methoxy groups -OCH3 is 2. The Morgan fingerprint density at radius 2 is 1.48 bits per heavy atom. The summed E-state index contributed by atoms with van der Waals surface area (Å²) in [6.45, 7) is 1.21. The van der Waals surface area contributed by atoms with E-state index in [1.807, 2.05) is 60.7 Å². The lowest BCUT2D eigenvalue weighted by atomic mass is 10.1. The number of rotatable bonds is 11. The van der Waals surface area contributed by atoms with Gasteiger partial charge in [-0.25, -0.2) is 0 Å². The number of benzene rings is 3. The molecule has 0 atom stereocenters. The molecule has 0 aromatic heterocycles. The highest BCUT2D eigenvalue weighted by molar-refractivity contribution is 5.96. The van der Waals surface area contributed by atoms with Crippen molar-refractivity contribution in [3.63, 3.8) is 0 Å². The van der Waals surface area contributed by atoms with Crippen LogP contribution in [-0.2, 0) is 6.42 Å². The molecule has 0 bridgehead atoms. The van der Waals surface area contributed by atoms with Crippen molar-refractivity contribution in [3.05, 3.63) is 83.9 Å². The first-order valence-electron chi connectivity index (χ1n) is 10.1. The fourth-order valence-electron chi connectivity index (χ4n) is 3.06. The summed E-state index contributed by atoms with van der Waals surface area (Å²) < 4.78 is 22.0. The molecule has 1 amide bonds. The average Bonchev–Trinajstić information content (AvgIpc) is 2.82. The zero-order valence-electron chi connectivity index (χ0n) is 17.8. The van der Waals surface area contributed by atoms with Gasteiger partial charge in [0, 0.05) is 6.54 Å². The molecule has 3 aromatic rings. The van der Waals surface area contributed by atoms with E-state index >= 15 is 0 Å². The highest BCUT2D eigenvalue weighted by atomic mass is 16.5. The Morgan fingerprint density at radius 3 is 2.26 bits per heavy atom. The fraction of sp³-hybridized carbons (Fsp3) is 0.240. The number of nitrogens with one attached hydrogen (secondary N) is 1.